The maximum Gasteiger partial charge on any atom is 0.257 e. The Labute approximate surface area is 176 Å². The molecule has 0 N–H and O–H groups in total. The summed E-state index contributed by atoms with van der Waals surface area (Å²) in [6.45, 7) is 5.75. The molecule has 0 bridgehead atoms. The molecule has 1 saturated heterocycles. The molecule has 0 spiro atoms. The lowest BCUT2D eigenvalue weighted by Gasteiger charge is -2.48. The van der Waals surface area contributed by atoms with Crippen molar-refractivity contribution in [3.63, 3.8) is 0 Å². The first kappa shape index (κ1) is 20.8. The van der Waals surface area contributed by atoms with E-state index < -0.39 is 28.8 Å². The number of benzene rings is 2. The Morgan fingerprint density at radius 2 is 1.50 bits per heavy atom. The van der Waals surface area contributed by atoms with Crippen LogP contribution in [0.25, 0.3) is 0 Å². The monoisotopic (exact) mass is 411 g/mol. The molecule has 2 unspecified atom stereocenters. The number of hydroxylamine groups is 2. The summed E-state index contributed by atoms with van der Waals surface area (Å²) in [6, 6.07) is 19.6. The van der Waals surface area contributed by atoms with E-state index in [1.807, 2.05) is 87.4 Å². The number of nitrogens with zero attached hydrogens (tertiary/aromatic N) is 1. The minimum atomic E-state index is -3.00. The first-order valence-corrected chi connectivity index (χ1v) is 10.4. The molecule has 1 heterocycles. The van der Waals surface area contributed by atoms with Gasteiger partial charge in [0.1, 0.15) is 11.6 Å². The molecule has 158 valence electrons. The zero-order valence-electron chi connectivity index (χ0n) is 17.6. The summed E-state index contributed by atoms with van der Waals surface area (Å²) >= 11 is 0. The van der Waals surface area contributed by atoms with E-state index in [-0.39, 0.29) is 18.7 Å². The smallest absolute Gasteiger partial charge is 0.257 e. The molecule has 2 atom stereocenters. The summed E-state index contributed by atoms with van der Waals surface area (Å²) in [4.78, 5) is 17.9. The average molecular weight is 411 g/mol. The van der Waals surface area contributed by atoms with E-state index >= 15 is 8.78 Å². The fraction of sp³-hybridized carbons (Fsp3) is 0.440. The number of fused-ring (bicyclic) bond motifs is 1. The Kier molecular flexibility index (Phi) is 5.08. The van der Waals surface area contributed by atoms with Crippen molar-refractivity contribution in [2.24, 2.45) is 11.8 Å². The standard InChI is InChI=1S/C25H27F2NO2/c1-23(2,3)30-28-16-20-22(21(28)17-29)25(26,27)15-14-24(20,18-10-6-4-7-11-18)19-12-8-5-9-13-19/h4-13,20,22H,14-16H2,1-3H3. The summed E-state index contributed by atoms with van der Waals surface area (Å²) < 4.78 is 30.6. The maximum atomic E-state index is 15.3. The highest BCUT2D eigenvalue weighted by Crippen LogP contribution is 2.60. The van der Waals surface area contributed by atoms with Crippen LogP contribution in [-0.2, 0) is 15.0 Å². The van der Waals surface area contributed by atoms with Crippen molar-refractivity contribution in [1.82, 2.24) is 5.06 Å². The third-order valence-corrected chi connectivity index (χ3v) is 6.34. The molecule has 3 nitrogen and oxygen atoms in total. The van der Waals surface area contributed by atoms with Gasteiger partial charge in [-0.1, -0.05) is 60.7 Å². The van der Waals surface area contributed by atoms with Crippen LogP contribution in [0, 0.1) is 11.8 Å². The van der Waals surface area contributed by atoms with Crippen molar-refractivity contribution >= 4 is 5.94 Å². The van der Waals surface area contributed by atoms with Crippen LogP contribution in [0.15, 0.2) is 66.4 Å². The molecule has 1 aliphatic heterocycles. The molecule has 0 amide bonds. The Balaban J connectivity index is 1.92. The van der Waals surface area contributed by atoms with E-state index in [1.165, 1.54) is 5.06 Å². The lowest BCUT2D eigenvalue weighted by molar-refractivity contribution is -0.201. The van der Waals surface area contributed by atoms with Gasteiger partial charge in [-0.2, -0.15) is 0 Å². The number of hydrogen-bond donors (Lipinski definition) is 0. The summed E-state index contributed by atoms with van der Waals surface area (Å²) in [5, 5.41) is 1.38. The van der Waals surface area contributed by atoms with E-state index in [0.717, 1.165) is 11.1 Å². The van der Waals surface area contributed by atoms with Gasteiger partial charge in [-0.3, -0.25) is 4.84 Å². The number of carbonyl (C=O) groups excluding carboxylic acids is 1. The van der Waals surface area contributed by atoms with E-state index in [0.29, 0.717) is 6.42 Å². The van der Waals surface area contributed by atoms with Crippen molar-refractivity contribution in [3.05, 3.63) is 77.5 Å². The molecule has 5 heteroatoms. The van der Waals surface area contributed by atoms with Gasteiger partial charge in [0.05, 0.1) is 18.1 Å². The van der Waals surface area contributed by atoms with Gasteiger partial charge in [0, 0.05) is 17.8 Å². The van der Waals surface area contributed by atoms with Gasteiger partial charge in [-0.05, 0) is 38.3 Å². The highest BCUT2D eigenvalue weighted by Gasteiger charge is 2.64. The van der Waals surface area contributed by atoms with Gasteiger partial charge in [0.25, 0.3) is 5.92 Å². The van der Waals surface area contributed by atoms with Crippen molar-refractivity contribution in [3.8, 4) is 0 Å². The van der Waals surface area contributed by atoms with Crippen molar-refractivity contribution < 1.29 is 18.4 Å². The zero-order chi connectivity index (χ0) is 21.6. The van der Waals surface area contributed by atoms with Gasteiger partial charge in [0.2, 0.25) is 0 Å². The van der Waals surface area contributed by atoms with E-state index in [1.54, 1.807) is 0 Å². The molecule has 2 aromatic rings. The van der Waals surface area contributed by atoms with Crippen LogP contribution in [0.2, 0.25) is 0 Å². The Morgan fingerprint density at radius 3 is 1.97 bits per heavy atom. The third-order valence-electron chi connectivity index (χ3n) is 6.34. The molecule has 2 aromatic carbocycles. The highest BCUT2D eigenvalue weighted by molar-refractivity contribution is 5.56. The van der Waals surface area contributed by atoms with Gasteiger partial charge in [0.15, 0.2) is 0 Å². The highest BCUT2D eigenvalue weighted by atomic mass is 19.3. The molecule has 0 aromatic heterocycles. The molecule has 0 radical (unpaired) electrons. The number of allylic oxidation sites excluding steroid dienone is 1. The second kappa shape index (κ2) is 7.33. The second-order valence-electron chi connectivity index (χ2n) is 9.30. The molecular formula is C25H27F2NO2. The normalized spacial score (nSPS) is 25.0. The molecule has 2 fully saturated rings. The van der Waals surface area contributed by atoms with E-state index in [2.05, 4.69) is 0 Å². The predicted molar refractivity (Wildman–Crippen MR) is 112 cm³/mol. The summed E-state index contributed by atoms with van der Waals surface area (Å²) in [7, 11) is 0. The van der Waals surface area contributed by atoms with E-state index in [4.69, 9.17) is 4.84 Å². The van der Waals surface area contributed by atoms with Crippen molar-refractivity contribution in [1.29, 1.82) is 0 Å². The van der Waals surface area contributed by atoms with Crippen molar-refractivity contribution in [2.75, 3.05) is 6.54 Å². The Morgan fingerprint density at radius 1 is 0.967 bits per heavy atom. The van der Waals surface area contributed by atoms with Crippen LogP contribution < -0.4 is 0 Å². The van der Waals surface area contributed by atoms with Gasteiger partial charge in [-0.15, -0.1) is 0 Å². The van der Waals surface area contributed by atoms with Gasteiger partial charge >= 0.3 is 0 Å². The van der Waals surface area contributed by atoms with Gasteiger partial charge < -0.3 is 0 Å². The minimum absolute atomic E-state index is 0.0733. The quantitative estimate of drug-likeness (QED) is 0.634. The Bertz CT molecular complexity index is 907. The molecule has 1 saturated carbocycles. The van der Waals surface area contributed by atoms with Crippen LogP contribution in [0.4, 0.5) is 8.78 Å². The van der Waals surface area contributed by atoms with Gasteiger partial charge in [-0.25, -0.2) is 18.6 Å². The van der Waals surface area contributed by atoms with E-state index in [9.17, 15) is 4.79 Å². The van der Waals surface area contributed by atoms with Crippen LogP contribution >= 0.6 is 0 Å². The molecule has 2 aliphatic rings. The predicted octanol–water partition coefficient (Wildman–Crippen LogP) is 5.40. The lowest BCUT2D eigenvalue weighted by atomic mass is 9.55. The van der Waals surface area contributed by atoms with Crippen molar-refractivity contribution in [2.45, 2.75) is 50.6 Å². The van der Waals surface area contributed by atoms with Crippen LogP contribution in [0.3, 0.4) is 0 Å². The summed E-state index contributed by atoms with van der Waals surface area (Å²) in [5.74, 6) is -2.95. The molecular weight excluding hydrogens is 384 g/mol. The molecule has 1 aliphatic carbocycles. The minimum Gasteiger partial charge on any atom is -0.267 e. The maximum absolute atomic E-state index is 15.3. The molecule has 4 rings (SSSR count). The number of halogens is 2. The number of alkyl halides is 2. The third kappa shape index (κ3) is 3.36. The summed E-state index contributed by atoms with van der Waals surface area (Å²) in [5.41, 5.74) is 0.643. The SMILES string of the molecule is CC(C)(C)ON1CC2C(C1=C=O)C(F)(F)CCC2(c1ccccc1)c1ccccc1. The first-order chi connectivity index (χ1) is 14.2. The average Bonchev–Trinajstić information content (AvgIpc) is 3.08. The fourth-order valence-electron chi connectivity index (χ4n) is 5.25. The largest absolute Gasteiger partial charge is 0.267 e. The molecule has 30 heavy (non-hydrogen) atoms. The fourth-order valence-corrected chi connectivity index (χ4v) is 5.25. The lowest BCUT2D eigenvalue weighted by Crippen LogP contribution is -2.51. The summed E-state index contributed by atoms with van der Waals surface area (Å²) in [6.07, 6.45) is -0.00280. The number of hydrogen-bond acceptors (Lipinski definition) is 3. The second-order valence-corrected chi connectivity index (χ2v) is 9.30. The van der Waals surface area contributed by atoms with Crippen LogP contribution in [0.5, 0.6) is 0 Å². The number of rotatable bonds is 3. The van der Waals surface area contributed by atoms with Crippen LogP contribution in [-0.4, -0.2) is 29.1 Å². The zero-order valence-corrected chi connectivity index (χ0v) is 17.6. The van der Waals surface area contributed by atoms with Crippen LogP contribution in [0.1, 0.15) is 44.7 Å². The first-order valence-electron chi connectivity index (χ1n) is 10.4. The Hall–Kier alpha value is -2.49. The topological polar surface area (TPSA) is 29.5 Å².